The molecule has 0 bridgehead atoms. The third-order valence-electron chi connectivity index (χ3n) is 3.18. The van der Waals surface area contributed by atoms with E-state index in [4.69, 9.17) is 16.7 Å². The quantitative estimate of drug-likeness (QED) is 0.795. The van der Waals surface area contributed by atoms with Crippen LogP contribution in [0.2, 0.25) is 5.02 Å². The summed E-state index contributed by atoms with van der Waals surface area (Å²) in [6.07, 6.45) is 3.30. The first kappa shape index (κ1) is 15.5. The molecule has 0 fully saturated rings. The van der Waals surface area contributed by atoms with Crippen molar-refractivity contribution in [2.75, 3.05) is 6.61 Å². The molecule has 2 aromatic rings. The van der Waals surface area contributed by atoms with Crippen LogP contribution in [0.3, 0.4) is 0 Å². The average Bonchev–Trinajstić information content (AvgIpc) is 2.44. The minimum Gasteiger partial charge on any atom is -0.396 e. The second-order valence-electron chi connectivity index (χ2n) is 4.84. The molecule has 2 rings (SSSR count). The highest BCUT2D eigenvalue weighted by Gasteiger charge is 2.06. The van der Waals surface area contributed by atoms with Gasteiger partial charge in [0.1, 0.15) is 0 Å². The molecule has 0 unspecified atom stereocenters. The molecule has 0 amide bonds. The van der Waals surface area contributed by atoms with Crippen LogP contribution in [0.5, 0.6) is 0 Å². The molecule has 5 nitrogen and oxygen atoms in total. The van der Waals surface area contributed by atoms with Crippen LogP contribution in [-0.2, 0) is 13.0 Å². The molecule has 1 aromatic heterocycles. The van der Waals surface area contributed by atoms with E-state index in [9.17, 15) is 9.59 Å². The Kier molecular flexibility index (Phi) is 5.36. The Morgan fingerprint density at radius 1 is 1.24 bits per heavy atom. The maximum atomic E-state index is 11.9. The minimum atomic E-state index is -0.423. The van der Waals surface area contributed by atoms with E-state index in [1.54, 1.807) is 18.3 Å². The van der Waals surface area contributed by atoms with Gasteiger partial charge in [0.25, 0.3) is 5.56 Å². The number of hydrogen-bond donors (Lipinski definition) is 2. The molecule has 0 spiro atoms. The van der Waals surface area contributed by atoms with E-state index in [0.717, 1.165) is 5.56 Å². The Bertz CT molecular complexity index is 721. The predicted octanol–water partition coefficient (Wildman–Crippen LogP) is 1.55. The summed E-state index contributed by atoms with van der Waals surface area (Å²) >= 11 is 5.93. The van der Waals surface area contributed by atoms with Gasteiger partial charge in [0.2, 0.25) is 0 Å². The van der Waals surface area contributed by atoms with Gasteiger partial charge in [0, 0.05) is 36.4 Å². The standard InChI is InChI=1S/C15H17ClN2O3/c16-13-5-3-4-11(9-13)8-12-10-18(6-1-2-7-19)15(21)17-14(12)20/h3-5,9-10,19H,1-2,6-8H2,(H,17,20,21). The van der Waals surface area contributed by atoms with E-state index in [-0.39, 0.29) is 12.2 Å². The van der Waals surface area contributed by atoms with Gasteiger partial charge < -0.3 is 9.67 Å². The zero-order valence-electron chi connectivity index (χ0n) is 11.5. The number of unbranched alkanes of at least 4 members (excludes halogenated alkanes) is 1. The fourth-order valence-electron chi connectivity index (χ4n) is 2.11. The lowest BCUT2D eigenvalue weighted by Crippen LogP contribution is -2.32. The molecular weight excluding hydrogens is 292 g/mol. The number of nitrogens with zero attached hydrogens (tertiary/aromatic N) is 1. The summed E-state index contributed by atoms with van der Waals surface area (Å²) in [5, 5.41) is 9.39. The molecule has 0 saturated carbocycles. The summed E-state index contributed by atoms with van der Waals surface area (Å²) in [6.45, 7) is 0.562. The summed E-state index contributed by atoms with van der Waals surface area (Å²) in [5.41, 5.74) is 0.626. The molecule has 0 aliphatic rings. The van der Waals surface area contributed by atoms with Gasteiger partial charge in [-0.25, -0.2) is 4.79 Å². The van der Waals surface area contributed by atoms with Crippen LogP contribution in [0.25, 0.3) is 0 Å². The average molecular weight is 309 g/mol. The molecule has 1 aromatic carbocycles. The number of aliphatic hydroxyl groups is 1. The highest BCUT2D eigenvalue weighted by Crippen LogP contribution is 2.12. The maximum Gasteiger partial charge on any atom is 0.328 e. The highest BCUT2D eigenvalue weighted by atomic mass is 35.5. The second-order valence-corrected chi connectivity index (χ2v) is 5.28. The van der Waals surface area contributed by atoms with Gasteiger partial charge in [-0.1, -0.05) is 23.7 Å². The first-order valence-electron chi connectivity index (χ1n) is 6.78. The third kappa shape index (κ3) is 4.31. The zero-order chi connectivity index (χ0) is 15.2. The lowest BCUT2D eigenvalue weighted by atomic mass is 10.1. The largest absolute Gasteiger partial charge is 0.396 e. The summed E-state index contributed by atoms with van der Waals surface area (Å²) in [7, 11) is 0. The van der Waals surface area contributed by atoms with Crippen molar-refractivity contribution in [2.24, 2.45) is 0 Å². The van der Waals surface area contributed by atoms with Crippen molar-refractivity contribution >= 4 is 11.6 Å². The van der Waals surface area contributed by atoms with Crippen LogP contribution in [0, 0.1) is 0 Å². The number of aromatic nitrogens is 2. The van der Waals surface area contributed by atoms with Gasteiger partial charge in [-0.05, 0) is 30.5 Å². The highest BCUT2D eigenvalue weighted by molar-refractivity contribution is 6.30. The predicted molar refractivity (Wildman–Crippen MR) is 81.9 cm³/mol. The van der Waals surface area contributed by atoms with E-state index < -0.39 is 5.69 Å². The fourth-order valence-corrected chi connectivity index (χ4v) is 2.32. The van der Waals surface area contributed by atoms with Gasteiger partial charge in [0.15, 0.2) is 0 Å². The molecule has 1 heterocycles. The molecule has 0 aliphatic carbocycles. The van der Waals surface area contributed by atoms with Crippen molar-refractivity contribution in [3.05, 3.63) is 67.4 Å². The number of aliphatic hydroxyl groups excluding tert-OH is 1. The van der Waals surface area contributed by atoms with Gasteiger partial charge in [-0.15, -0.1) is 0 Å². The van der Waals surface area contributed by atoms with Crippen molar-refractivity contribution < 1.29 is 5.11 Å². The molecular formula is C15H17ClN2O3. The summed E-state index contributed by atoms with van der Waals surface area (Å²) in [4.78, 5) is 25.9. The summed E-state index contributed by atoms with van der Waals surface area (Å²) in [6, 6.07) is 7.27. The van der Waals surface area contributed by atoms with Gasteiger partial charge in [0.05, 0.1) is 0 Å². The summed E-state index contributed by atoms with van der Waals surface area (Å²) in [5.74, 6) is 0. The first-order valence-corrected chi connectivity index (χ1v) is 7.16. The van der Waals surface area contributed by atoms with Crippen molar-refractivity contribution in [1.82, 2.24) is 9.55 Å². The fraction of sp³-hybridized carbons (Fsp3) is 0.333. The lowest BCUT2D eigenvalue weighted by Gasteiger charge is -2.07. The summed E-state index contributed by atoms with van der Waals surface area (Å²) < 4.78 is 1.47. The van der Waals surface area contributed by atoms with Crippen LogP contribution in [0.4, 0.5) is 0 Å². The van der Waals surface area contributed by atoms with Crippen LogP contribution >= 0.6 is 11.6 Å². The Morgan fingerprint density at radius 3 is 2.76 bits per heavy atom. The van der Waals surface area contributed by atoms with Gasteiger partial charge in [-0.2, -0.15) is 0 Å². The topological polar surface area (TPSA) is 75.1 Å². The third-order valence-corrected chi connectivity index (χ3v) is 3.41. The molecule has 21 heavy (non-hydrogen) atoms. The van der Waals surface area contributed by atoms with Crippen molar-refractivity contribution in [2.45, 2.75) is 25.8 Å². The number of aryl methyl sites for hydroxylation is 1. The molecule has 6 heteroatoms. The van der Waals surface area contributed by atoms with E-state index in [0.29, 0.717) is 36.4 Å². The normalized spacial score (nSPS) is 10.8. The number of aromatic amines is 1. The maximum absolute atomic E-state index is 11.9. The molecule has 0 saturated heterocycles. The minimum absolute atomic E-state index is 0.0907. The number of rotatable bonds is 6. The molecule has 2 N–H and O–H groups in total. The molecule has 112 valence electrons. The Balaban J connectivity index is 2.24. The van der Waals surface area contributed by atoms with Crippen molar-refractivity contribution in [3.8, 4) is 0 Å². The SMILES string of the molecule is O=c1[nH]c(=O)n(CCCCO)cc1Cc1cccc(Cl)c1. The van der Waals surface area contributed by atoms with E-state index in [1.165, 1.54) is 4.57 Å². The molecule has 0 radical (unpaired) electrons. The number of H-pyrrole nitrogens is 1. The Labute approximate surface area is 126 Å². The monoisotopic (exact) mass is 308 g/mol. The number of hydrogen-bond acceptors (Lipinski definition) is 3. The van der Waals surface area contributed by atoms with E-state index in [2.05, 4.69) is 4.98 Å². The zero-order valence-corrected chi connectivity index (χ0v) is 12.3. The molecule has 0 aliphatic heterocycles. The smallest absolute Gasteiger partial charge is 0.328 e. The Morgan fingerprint density at radius 2 is 2.05 bits per heavy atom. The number of benzene rings is 1. The van der Waals surface area contributed by atoms with Gasteiger partial charge >= 0.3 is 5.69 Å². The molecule has 0 atom stereocenters. The lowest BCUT2D eigenvalue weighted by molar-refractivity contribution is 0.280. The number of nitrogens with one attached hydrogen (secondary N) is 1. The van der Waals surface area contributed by atoms with Crippen LogP contribution in [0.1, 0.15) is 24.0 Å². The first-order chi connectivity index (χ1) is 10.1. The second kappa shape index (κ2) is 7.24. The Hall–Kier alpha value is -1.85. The van der Waals surface area contributed by atoms with Crippen molar-refractivity contribution in [1.29, 1.82) is 0 Å². The van der Waals surface area contributed by atoms with Crippen LogP contribution < -0.4 is 11.2 Å². The van der Waals surface area contributed by atoms with Crippen LogP contribution in [-0.4, -0.2) is 21.3 Å². The van der Waals surface area contributed by atoms with E-state index in [1.807, 2.05) is 12.1 Å². The van der Waals surface area contributed by atoms with Crippen molar-refractivity contribution in [3.63, 3.8) is 0 Å². The van der Waals surface area contributed by atoms with E-state index >= 15 is 0 Å². The van der Waals surface area contributed by atoms with Gasteiger partial charge in [-0.3, -0.25) is 9.78 Å². The van der Waals surface area contributed by atoms with Crippen LogP contribution in [0.15, 0.2) is 40.1 Å². The number of halogens is 1.